The number of halogens is 3. The first-order valence-electron chi connectivity index (χ1n) is 5.94. The van der Waals surface area contributed by atoms with Crippen LogP contribution in [0.3, 0.4) is 0 Å². The molecule has 3 nitrogen and oxygen atoms in total. The molecule has 1 aliphatic rings. The van der Waals surface area contributed by atoms with Gasteiger partial charge in [-0.15, -0.1) is 0 Å². The molecule has 0 atom stereocenters. The normalized spacial score (nSPS) is 14.3. The molecular weight excluding hydrogens is 255 g/mol. The third-order valence-corrected chi connectivity index (χ3v) is 3.28. The molecule has 1 N–H and O–H groups in total. The second kappa shape index (κ2) is 4.01. The van der Waals surface area contributed by atoms with E-state index in [2.05, 4.69) is 10.4 Å². The van der Waals surface area contributed by atoms with Crippen LogP contribution in [0.4, 0.5) is 19.0 Å². The van der Waals surface area contributed by atoms with Crippen LogP contribution < -0.4 is 5.32 Å². The van der Waals surface area contributed by atoms with Crippen molar-refractivity contribution in [3.63, 3.8) is 0 Å². The molecule has 100 valence electrons. The molecule has 3 rings (SSSR count). The van der Waals surface area contributed by atoms with Gasteiger partial charge in [-0.25, -0.2) is 0 Å². The van der Waals surface area contributed by atoms with Gasteiger partial charge in [0.15, 0.2) is 0 Å². The highest BCUT2D eigenvalue weighted by Gasteiger charge is 2.31. The molecule has 1 aliphatic heterocycles. The third-order valence-electron chi connectivity index (χ3n) is 3.28. The Bertz CT molecular complexity index is 629. The van der Waals surface area contributed by atoms with Gasteiger partial charge in [0.2, 0.25) is 0 Å². The number of hydrogen-bond donors (Lipinski definition) is 1. The van der Waals surface area contributed by atoms with Crippen LogP contribution >= 0.6 is 0 Å². The summed E-state index contributed by atoms with van der Waals surface area (Å²) in [5.74, 6) is 0.896. The lowest BCUT2D eigenvalue weighted by Gasteiger charge is -2.08. The minimum absolute atomic E-state index is 0.510. The summed E-state index contributed by atoms with van der Waals surface area (Å²) >= 11 is 0. The molecule has 0 fully saturated rings. The van der Waals surface area contributed by atoms with Crippen molar-refractivity contribution < 1.29 is 13.2 Å². The van der Waals surface area contributed by atoms with E-state index in [1.54, 1.807) is 17.8 Å². The molecule has 0 saturated carbocycles. The second-order valence-electron chi connectivity index (χ2n) is 4.55. The number of alkyl halides is 3. The zero-order valence-corrected chi connectivity index (χ0v) is 10.3. The number of rotatable bonds is 1. The van der Waals surface area contributed by atoms with Gasteiger partial charge in [-0.2, -0.15) is 18.3 Å². The monoisotopic (exact) mass is 267 g/mol. The van der Waals surface area contributed by atoms with Crippen LogP contribution in [0.25, 0.3) is 11.3 Å². The second-order valence-corrected chi connectivity index (χ2v) is 4.55. The van der Waals surface area contributed by atoms with E-state index < -0.39 is 11.7 Å². The highest BCUT2D eigenvalue weighted by Crippen LogP contribution is 2.35. The molecule has 2 heterocycles. The van der Waals surface area contributed by atoms with E-state index >= 15 is 0 Å². The van der Waals surface area contributed by atoms with Crippen LogP contribution in [0, 0.1) is 0 Å². The summed E-state index contributed by atoms with van der Waals surface area (Å²) in [5.41, 5.74) is 1.49. The van der Waals surface area contributed by atoms with Gasteiger partial charge in [0.25, 0.3) is 0 Å². The molecule has 0 unspecified atom stereocenters. The van der Waals surface area contributed by atoms with E-state index in [1.807, 2.05) is 0 Å². The Hall–Kier alpha value is -1.98. The average molecular weight is 267 g/mol. The Labute approximate surface area is 108 Å². The molecule has 19 heavy (non-hydrogen) atoms. The smallest absolute Gasteiger partial charge is 0.370 e. The van der Waals surface area contributed by atoms with E-state index in [9.17, 15) is 13.2 Å². The van der Waals surface area contributed by atoms with Crippen molar-refractivity contribution in [2.75, 3.05) is 11.9 Å². The van der Waals surface area contributed by atoms with Gasteiger partial charge in [-0.05, 0) is 18.6 Å². The molecule has 0 radical (unpaired) electrons. The van der Waals surface area contributed by atoms with Gasteiger partial charge in [-0.3, -0.25) is 4.68 Å². The Morgan fingerprint density at radius 2 is 2.11 bits per heavy atom. The summed E-state index contributed by atoms with van der Waals surface area (Å²) in [4.78, 5) is 0. The van der Waals surface area contributed by atoms with Crippen molar-refractivity contribution in [2.24, 2.45) is 7.05 Å². The van der Waals surface area contributed by atoms with Crippen LogP contribution in [0.15, 0.2) is 24.3 Å². The minimum atomic E-state index is -4.33. The number of hydrogen-bond acceptors (Lipinski definition) is 2. The fourth-order valence-corrected chi connectivity index (χ4v) is 2.41. The number of benzene rings is 1. The molecule has 0 spiro atoms. The summed E-state index contributed by atoms with van der Waals surface area (Å²) in [7, 11) is 1.79. The number of fused-ring (bicyclic) bond motifs is 1. The SMILES string of the molecule is Cn1nc(-c2cccc(C(F)(F)F)c2)c2c1NCC2. The Morgan fingerprint density at radius 1 is 1.32 bits per heavy atom. The van der Waals surface area contributed by atoms with Crippen LogP contribution in [0.1, 0.15) is 11.1 Å². The predicted molar refractivity (Wildman–Crippen MR) is 65.8 cm³/mol. The first-order valence-corrected chi connectivity index (χ1v) is 5.94. The van der Waals surface area contributed by atoms with Gasteiger partial charge >= 0.3 is 6.18 Å². The van der Waals surface area contributed by atoms with E-state index in [-0.39, 0.29) is 0 Å². The number of aromatic nitrogens is 2. The fourth-order valence-electron chi connectivity index (χ4n) is 2.41. The van der Waals surface area contributed by atoms with Gasteiger partial charge < -0.3 is 5.32 Å². The molecule has 2 aromatic rings. The van der Waals surface area contributed by atoms with Crippen molar-refractivity contribution in [3.8, 4) is 11.3 Å². The van der Waals surface area contributed by atoms with E-state index in [0.29, 0.717) is 11.3 Å². The van der Waals surface area contributed by atoms with E-state index in [0.717, 1.165) is 36.5 Å². The maximum atomic E-state index is 12.7. The van der Waals surface area contributed by atoms with Crippen LogP contribution in [-0.2, 0) is 19.6 Å². The minimum Gasteiger partial charge on any atom is -0.370 e. The largest absolute Gasteiger partial charge is 0.416 e. The standard InChI is InChI=1S/C13H12F3N3/c1-19-12-10(5-6-17-12)11(18-19)8-3-2-4-9(7-8)13(14,15)16/h2-4,7,17H,5-6H2,1H3. The predicted octanol–water partition coefficient (Wildman–Crippen LogP) is 3.07. The quantitative estimate of drug-likeness (QED) is 0.860. The summed E-state index contributed by atoms with van der Waals surface area (Å²) in [6, 6.07) is 5.31. The van der Waals surface area contributed by atoms with Crippen molar-refractivity contribution in [1.82, 2.24) is 9.78 Å². The Kier molecular flexibility index (Phi) is 2.55. The highest BCUT2D eigenvalue weighted by atomic mass is 19.4. The maximum absolute atomic E-state index is 12.7. The zero-order valence-electron chi connectivity index (χ0n) is 10.3. The van der Waals surface area contributed by atoms with Gasteiger partial charge in [0.1, 0.15) is 5.82 Å². The molecule has 1 aromatic heterocycles. The number of aryl methyl sites for hydroxylation is 1. The fraction of sp³-hybridized carbons (Fsp3) is 0.308. The molecule has 0 amide bonds. The number of anilines is 1. The molecule has 0 saturated heterocycles. The van der Waals surface area contributed by atoms with Gasteiger partial charge in [-0.1, -0.05) is 12.1 Å². The topological polar surface area (TPSA) is 29.9 Å². The summed E-state index contributed by atoms with van der Waals surface area (Å²) in [5, 5.41) is 7.49. The first-order chi connectivity index (χ1) is 8.97. The number of nitrogens with zero attached hydrogens (tertiary/aromatic N) is 2. The van der Waals surface area contributed by atoms with Crippen LogP contribution in [0.5, 0.6) is 0 Å². The van der Waals surface area contributed by atoms with Gasteiger partial charge in [0.05, 0.1) is 11.3 Å². The lowest BCUT2D eigenvalue weighted by atomic mass is 10.0. The average Bonchev–Trinajstić information content (AvgIpc) is 2.93. The highest BCUT2D eigenvalue weighted by molar-refractivity contribution is 5.71. The van der Waals surface area contributed by atoms with Crippen molar-refractivity contribution in [1.29, 1.82) is 0 Å². The lowest BCUT2D eigenvalue weighted by Crippen LogP contribution is -2.05. The molecule has 0 aliphatic carbocycles. The zero-order chi connectivity index (χ0) is 13.6. The number of nitrogens with one attached hydrogen (secondary N) is 1. The lowest BCUT2D eigenvalue weighted by molar-refractivity contribution is -0.137. The molecule has 0 bridgehead atoms. The maximum Gasteiger partial charge on any atom is 0.416 e. The molecule has 6 heteroatoms. The van der Waals surface area contributed by atoms with Crippen LogP contribution in [-0.4, -0.2) is 16.3 Å². The van der Waals surface area contributed by atoms with E-state index in [4.69, 9.17) is 0 Å². The Balaban J connectivity index is 2.11. The van der Waals surface area contributed by atoms with Gasteiger partial charge in [0, 0.05) is 24.7 Å². The third kappa shape index (κ3) is 1.97. The van der Waals surface area contributed by atoms with Crippen molar-refractivity contribution in [3.05, 3.63) is 35.4 Å². The summed E-state index contributed by atoms with van der Waals surface area (Å²) < 4.78 is 39.9. The van der Waals surface area contributed by atoms with Crippen molar-refractivity contribution in [2.45, 2.75) is 12.6 Å². The first kappa shape index (κ1) is 12.1. The summed E-state index contributed by atoms with van der Waals surface area (Å²) in [6.45, 7) is 0.799. The summed E-state index contributed by atoms with van der Waals surface area (Å²) in [6.07, 6.45) is -3.54. The van der Waals surface area contributed by atoms with E-state index in [1.165, 1.54) is 6.07 Å². The Morgan fingerprint density at radius 3 is 2.84 bits per heavy atom. The van der Waals surface area contributed by atoms with Crippen LogP contribution in [0.2, 0.25) is 0 Å². The molecule has 1 aromatic carbocycles. The molecular formula is C13H12F3N3. The van der Waals surface area contributed by atoms with Crippen molar-refractivity contribution >= 4 is 5.82 Å².